The highest BCUT2D eigenvalue weighted by Crippen LogP contribution is 2.25. The third kappa shape index (κ3) is 3.96. The SMILES string of the molecule is C=CC(=O)NCC[N+]12CC[N+](CCNC(=O)C=C)(CC1)CC2. The Balaban J connectivity index is 1.76. The van der Waals surface area contributed by atoms with E-state index in [0.717, 1.165) is 35.1 Å². The standard InChI is InChI=1S/C16H26N4O2/c1-3-15(21)17-5-7-19-9-12-20(13-10-19,14-11-19)8-6-18-16(22)4-2/h3-4H,1-2,5-14H2/p+2. The fraction of sp³-hybridized carbons (Fsp3) is 0.625. The zero-order valence-electron chi connectivity index (χ0n) is 13.4. The molecule has 0 radical (unpaired) electrons. The van der Waals surface area contributed by atoms with Crippen molar-refractivity contribution < 1.29 is 18.6 Å². The average Bonchev–Trinajstić information content (AvgIpc) is 2.56. The third-order valence-electron chi connectivity index (χ3n) is 5.29. The summed E-state index contributed by atoms with van der Waals surface area (Å²) in [4.78, 5) is 22.4. The van der Waals surface area contributed by atoms with Crippen molar-refractivity contribution in [2.24, 2.45) is 0 Å². The lowest BCUT2D eigenvalue weighted by Crippen LogP contribution is -2.76. The van der Waals surface area contributed by atoms with Crippen LogP contribution in [0.4, 0.5) is 0 Å². The molecule has 0 atom stereocenters. The number of piperazine rings is 3. The maximum Gasteiger partial charge on any atom is 0.243 e. The van der Waals surface area contributed by atoms with E-state index in [-0.39, 0.29) is 11.8 Å². The van der Waals surface area contributed by atoms with Gasteiger partial charge in [0.2, 0.25) is 11.8 Å². The smallest absolute Gasteiger partial charge is 0.243 e. The van der Waals surface area contributed by atoms with E-state index in [2.05, 4.69) is 23.8 Å². The van der Waals surface area contributed by atoms with Gasteiger partial charge in [0.1, 0.15) is 39.3 Å². The van der Waals surface area contributed by atoms with E-state index in [4.69, 9.17) is 0 Å². The zero-order chi connectivity index (χ0) is 16.1. The predicted octanol–water partition coefficient (Wildman–Crippen LogP) is -0.748. The van der Waals surface area contributed by atoms with Crippen molar-refractivity contribution in [1.29, 1.82) is 0 Å². The van der Waals surface area contributed by atoms with Gasteiger partial charge in [-0.05, 0) is 12.2 Å². The second kappa shape index (κ2) is 7.07. The molecule has 3 heterocycles. The van der Waals surface area contributed by atoms with Gasteiger partial charge in [-0.15, -0.1) is 0 Å². The van der Waals surface area contributed by atoms with Crippen LogP contribution in [0.15, 0.2) is 25.3 Å². The highest BCUT2D eigenvalue weighted by molar-refractivity contribution is 5.87. The molecular weight excluding hydrogens is 280 g/mol. The summed E-state index contributed by atoms with van der Waals surface area (Å²) in [6.45, 7) is 17.4. The third-order valence-corrected chi connectivity index (χ3v) is 5.29. The molecule has 2 bridgehead atoms. The van der Waals surface area contributed by atoms with Gasteiger partial charge < -0.3 is 19.6 Å². The van der Waals surface area contributed by atoms with E-state index in [0.29, 0.717) is 0 Å². The van der Waals surface area contributed by atoms with E-state index in [9.17, 15) is 9.59 Å². The Morgan fingerprint density at radius 3 is 1.36 bits per heavy atom. The van der Waals surface area contributed by atoms with Crippen molar-refractivity contribution in [2.75, 3.05) is 65.4 Å². The molecule has 3 rings (SSSR count). The Hall–Kier alpha value is -1.66. The summed E-state index contributed by atoms with van der Waals surface area (Å²) >= 11 is 0. The Labute approximate surface area is 132 Å². The van der Waals surface area contributed by atoms with Gasteiger partial charge in [0.25, 0.3) is 0 Å². The first kappa shape index (κ1) is 16.7. The van der Waals surface area contributed by atoms with Crippen LogP contribution in [-0.2, 0) is 9.59 Å². The number of rotatable bonds is 8. The molecule has 6 heteroatoms. The number of nitrogens with one attached hydrogen (secondary N) is 2. The Bertz CT molecular complexity index is 395. The van der Waals surface area contributed by atoms with Crippen LogP contribution in [0.3, 0.4) is 0 Å². The molecule has 0 unspecified atom stereocenters. The second-order valence-electron chi connectivity index (χ2n) is 6.46. The van der Waals surface area contributed by atoms with Crippen molar-refractivity contribution in [3.8, 4) is 0 Å². The van der Waals surface area contributed by atoms with Crippen molar-refractivity contribution in [3.63, 3.8) is 0 Å². The van der Waals surface area contributed by atoms with Crippen LogP contribution in [-0.4, -0.2) is 86.2 Å². The number of hydrogen-bond donors (Lipinski definition) is 2. The molecule has 0 aromatic rings. The molecule has 3 aliphatic heterocycles. The van der Waals surface area contributed by atoms with E-state index >= 15 is 0 Å². The first-order valence-electron chi connectivity index (χ1n) is 8.04. The summed E-state index contributed by atoms with van der Waals surface area (Å²) in [5, 5.41) is 5.77. The van der Waals surface area contributed by atoms with Crippen molar-refractivity contribution >= 4 is 11.8 Å². The van der Waals surface area contributed by atoms with Gasteiger partial charge in [-0.2, -0.15) is 0 Å². The van der Waals surface area contributed by atoms with Crippen LogP contribution in [0.25, 0.3) is 0 Å². The molecule has 3 fully saturated rings. The molecule has 0 aromatic carbocycles. The van der Waals surface area contributed by atoms with Crippen LogP contribution < -0.4 is 10.6 Å². The summed E-state index contributed by atoms with van der Waals surface area (Å²) in [5.74, 6) is -0.175. The molecule has 2 amide bonds. The lowest BCUT2D eigenvalue weighted by molar-refractivity contribution is -1.08. The first-order valence-corrected chi connectivity index (χ1v) is 8.04. The minimum absolute atomic E-state index is 0.0877. The van der Waals surface area contributed by atoms with Gasteiger partial charge in [0.05, 0.1) is 26.2 Å². The van der Waals surface area contributed by atoms with Gasteiger partial charge in [0, 0.05) is 0 Å². The number of carbonyl (C=O) groups is 2. The number of nitrogens with zero attached hydrogens (tertiary/aromatic N) is 2. The molecule has 0 saturated carbocycles. The molecule has 3 saturated heterocycles. The van der Waals surface area contributed by atoms with Gasteiger partial charge in [-0.3, -0.25) is 9.59 Å². The molecule has 3 aliphatic rings. The van der Waals surface area contributed by atoms with E-state index in [1.54, 1.807) is 0 Å². The molecule has 122 valence electrons. The maximum absolute atomic E-state index is 11.2. The Morgan fingerprint density at radius 2 is 1.09 bits per heavy atom. The topological polar surface area (TPSA) is 58.2 Å². The normalized spacial score (nSPS) is 29.6. The fourth-order valence-corrected chi connectivity index (χ4v) is 3.59. The van der Waals surface area contributed by atoms with E-state index in [1.807, 2.05) is 0 Å². The zero-order valence-corrected chi connectivity index (χ0v) is 13.4. The number of amides is 2. The minimum Gasteiger partial charge on any atom is -0.347 e. The van der Waals surface area contributed by atoms with Crippen LogP contribution in [0.5, 0.6) is 0 Å². The molecular formula is C16H28N4O2+2. The molecule has 6 nitrogen and oxygen atoms in total. The number of fused-ring (bicyclic) bond motifs is 3. The van der Waals surface area contributed by atoms with Crippen LogP contribution in [0.1, 0.15) is 0 Å². The first-order chi connectivity index (χ1) is 10.5. The fourth-order valence-electron chi connectivity index (χ4n) is 3.59. The molecule has 0 aliphatic carbocycles. The highest BCUT2D eigenvalue weighted by atomic mass is 16.2. The van der Waals surface area contributed by atoms with Gasteiger partial charge in [-0.1, -0.05) is 13.2 Å². The number of carbonyl (C=O) groups excluding carboxylic acids is 2. The summed E-state index contributed by atoms with van der Waals surface area (Å²) in [6.07, 6.45) is 2.65. The molecule has 0 aromatic heterocycles. The Morgan fingerprint density at radius 1 is 0.773 bits per heavy atom. The van der Waals surface area contributed by atoms with Crippen LogP contribution in [0.2, 0.25) is 0 Å². The molecule has 22 heavy (non-hydrogen) atoms. The van der Waals surface area contributed by atoms with Gasteiger partial charge in [-0.25, -0.2) is 0 Å². The van der Waals surface area contributed by atoms with Crippen LogP contribution >= 0.6 is 0 Å². The van der Waals surface area contributed by atoms with Crippen molar-refractivity contribution in [3.05, 3.63) is 25.3 Å². The lowest BCUT2D eigenvalue weighted by Gasteiger charge is -2.55. The number of quaternary nitrogens is 2. The highest BCUT2D eigenvalue weighted by Gasteiger charge is 2.48. The minimum atomic E-state index is -0.0877. The summed E-state index contributed by atoms with van der Waals surface area (Å²) in [6, 6.07) is 0. The van der Waals surface area contributed by atoms with Crippen LogP contribution in [0, 0.1) is 0 Å². The average molecular weight is 308 g/mol. The largest absolute Gasteiger partial charge is 0.347 e. The quantitative estimate of drug-likeness (QED) is 0.458. The predicted molar refractivity (Wildman–Crippen MR) is 85.9 cm³/mol. The second-order valence-corrected chi connectivity index (χ2v) is 6.46. The monoisotopic (exact) mass is 308 g/mol. The van der Waals surface area contributed by atoms with Crippen molar-refractivity contribution in [1.82, 2.24) is 10.6 Å². The Kier molecular flexibility index (Phi) is 5.37. The molecule has 0 spiro atoms. The van der Waals surface area contributed by atoms with Gasteiger partial charge in [0.15, 0.2) is 0 Å². The summed E-state index contributed by atoms with van der Waals surface area (Å²) in [7, 11) is 0. The molecule has 2 N–H and O–H groups in total. The van der Waals surface area contributed by atoms with E-state index < -0.39 is 0 Å². The summed E-state index contributed by atoms with van der Waals surface area (Å²) < 4.78 is 2.24. The maximum atomic E-state index is 11.2. The van der Waals surface area contributed by atoms with E-state index in [1.165, 1.54) is 51.4 Å². The number of hydrogen-bond acceptors (Lipinski definition) is 2. The lowest BCUT2D eigenvalue weighted by atomic mass is 10.1. The van der Waals surface area contributed by atoms with Crippen molar-refractivity contribution in [2.45, 2.75) is 0 Å². The van der Waals surface area contributed by atoms with Gasteiger partial charge >= 0.3 is 0 Å². The summed E-state index contributed by atoms with van der Waals surface area (Å²) in [5.41, 5.74) is 0.